The molecule has 172 valence electrons. The molecule has 0 saturated carbocycles. The standard InChI is InChI=1S/C28H38N2O2/c1-7-19(2)25-24(26(31)29-22-14-10-13-21(18-22)28(4,5)6)16-11-17-30(25)27(32)23-15-9-8-12-20(23)3/h8-10,12-15,18-19,24-25H,7,11,16-17H2,1-6H3,(H,29,31). The second-order valence-electron chi connectivity index (χ2n) is 10.3. The SMILES string of the molecule is CCC(C)C1C(C(=O)Nc2cccc(C(C)(C)C)c2)CCCN1C(=O)c1ccccc1C. The van der Waals surface area contributed by atoms with Gasteiger partial charge in [-0.15, -0.1) is 0 Å². The highest BCUT2D eigenvalue weighted by molar-refractivity contribution is 5.97. The molecule has 1 saturated heterocycles. The monoisotopic (exact) mass is 434 g/mol. The van der Waals surface area contributed by atoms with Gasteiger partial charge < -0.3 is 10.2 Å². The van der Waals surface area contributed by atoms with Gasteiger partial charge in [-0.2, -0.15) is 0 Å². The molecule has 0 aliphatic carbocycles. The summed E-state index contributed by atoms with van der Waals surface area (Å²) in [6.45, 7) is 13.5. The lowest BCUT2D eigenvalue weighted by Crippen LogP contribution is -2.54. The predicted octanol–water partition coefficient (Wildman–Crippen LogP) is 6.20. The zero-order valence-corrected chi connectivity index (χ0v) is 20.4. The molecule has 3 unspecified atom stereocenters. The number of aryl methyl sites for hydroxylation is 1. The zero-order valence-electron chi connectivity index (χ0n) is 20.4. The molecule has 3 atom stereocenters. The Bertz CT molecular complexity index is 960. The van der Waals surface area contributed by atoms with Gasteiger partial charge in [-0.05, 0) is 60.4 Å². The van der Waals surface area contributed by atoms with E-state index in [0.717, 1.165) is 36.1 Å². The van der Waals surface area contributed by atoms with Gasteiger partial charge in [0.05, 0.1) is 5.92 Å². The van der Waals surface area contributed by atoms with Crippen LogP contribution in [0.5, 0.6) is 0 Å². The molecular weight excluding hydrogens is 396 g/mol. The maximum Gasteiger partial charge on any atom is 0.254 e. The van der Waals surface area contributed by atoms with E-state index in [-0.39, 0.29) is 35.1 Å². The van der Waals surface area contributed by atoms with E-state index >= 15 is 0 Å². The summed E-state index contributed by atoms with van der Waals surface area (Å²) < 4.78 is 0. The predicted molar refractivity (Wildman–Crippen MR) is 132 cm³/mol. The molecule has 4 nitrogen and oxygen atoms in total. The maximum atomic E-state index is 13.5. The van der Waals surface area contributed by atoms with Gasteiger partial charge in [0.25, 0.3) is 5.91 Å². The quantitative estimate of drug-likeness (QED) is 0.609. The number of hydrogen-bond acceptors (Lipinski definition) is 2. The molecule has 0 spiro atoms. The number of piperidine rings is 1. The summed E-state index contributed by atoms with van der Waals surface area (Å²) in [7, 11) is 0. The van der Waals surface area contributed by atoms with Gasteiger partial charge in [0.15, 0.2) is 0 Å². The van der Waals surface area contributed by atoms with Crippen molar-refractivity contribution in [2.75, 3.05) is 11.9 Å². The molecule has 32 heavy (non-hydrogen) atoms. The van der Waals surface area contributed by atoms with E-state index in [2.05, 4.69) is 52.1 Å². The van der Waals surface area contributed by atoms with Crippen molar-refractivity contribution in [3.05, 3.63) is 65.2 Å². The molecule has 0 radical (unpaired) electrons. The fraction of sp³-hybridized carbons (Fsp3) is 0.500. The third-order valence-electron chi connectivity index (χ3n) is 6.88. The highest BCUT2D eigenvalue weighted by Gasteiger charge is 2.41. The van der Waals surface area contributed by atoms with E-state index in [1.165, 1.54) is 5.56 Å². The van der Waals surface area contributed by atoms with Crippen LogP contribution in [0.2, 0.25) is 0 Å². The smallest absolute Gasteiger partial charge is 0.254 e. The molecule has 2 amide bonds. The van der Waals surface area contributed by atoms with Crippen molar-refractivity contribution in [2.24, 2.45) is 11.8 Å². The van der Waals surface area contributed by atoms with Crippen LogP contribution >= 0.6 is 0 Å². The number of benzene rings is 2. The summed E-state index contributed by atoms with van der Waals surface area (Å²) in [6, 6.07) is 15.7. The van der Waals surface area contributed by atoms with Crippen LogP contribution in [0.15, 0.2) is 48.5 Å². The molecule has 0 aromatic heterocycles. The molecule has 1 heterocycles. The summed E-state index contributed by atoms with van der Waals surface area (Å²) in [5, 5.41) is 3.17. The number of nitrogens with zero attached hydrogens (tertiary/aromatic N) is 1. The Balaban J connectivity index is 1.87. The Hall–Kier alpha value is -2.62. The molecule has 1 N–H and O–H groups in total. The summed E-state index contributed by atoms with van der Waals surface area (Å²) in [5.74, 6) is 0.0779. The number of hydrogen-bond donors (Lipinski definition) is 1. The van der Waals surface area contributed by atoms with Gasteiger partial charge >= 0.3 is 0 Å². The lowest BCUT2D eigenvalue weighted by Gasteiger charge is -2.44. The Morgan fingerprint density at radius 3 is 2.50 bits per heavy atom. The highest BCUT2D eigenvalue weighted by Crippen LogP contribution is 2.33. The zero-order chi connectivity index (χ0) is 23.5. The molecule has 1 aliphatic heterocycles. The molecule has 1 fully saturated rings. The van der Waals surface area contributed by atoms with Gasteiger partial charge in [0, 0.05) is 23.8 Å². The average molecular weight is 435 g/mol. The molecule has 0 bridgehead atoms. The topological polar surface area (TPSA) is 49.4 Å². The third kappa shape index (κ3) is 5.23. The van der Waals surface area contributed by atoms with Gasteiger partial charge in [0.2, 0.25) is 5.91 Å². The molecule has 3 rings (SSSR count). The van der Waals surface area contributed by atoms with Crippen molar-refractivity contribution >= 4 is 17.5 Å². The minimum Gasteiger partial charge on any atom is -0.335 e. The first-order valence-corrected chi connectivity index (χ1v) is 11.9. The Morgan fingerprint density at radius 1 is 1.12 bits per heavy atom. The van der Waals surface area contributed by atoms with Crippen LogP contribution in [0.4, 0.5) is 5.69 Å². The number of likely N-dealkylation sites (tertiary alicyclic amines) is 1. The van der Waals surface area contributed by atoms with Crippen LogP contribution in [0.25, 0.3) is 0 Å². The van der Waals surface area contributed by atoms with Crippen LogP contribution in [-0.4, -0.2) is 29.3 Å². The number of rotatable bonds is 5. The van der Waals surface area contributed by atoms with E-state index in [9.17, 15) is 9.59 Å². The van der Waals surface area contributed by atoms with Gasteiger partial charge in [0.1, 0.15) is 0 Å². The summed E-state index contributed by atoms with van der Waals surface area (Å²) in [4.78, 5) is 29.0. The van der Waals surface area contributed by atoms with Gasteiger partial charge in [-0.1, -0.05) is 71.4 Å². The summed E-state index contributed by atoms with van der Waals surface area (Å²) in [6.07, 6.45) is 2.56. The van der Waals surface area contributed by atoms with Gasteiger partial charge in [-0.3, -0.25) is 9.59 Å². The maximum absolute atomic E-state index is 13.5. The van der Waals surface area contributed by atoms with Crippen molar-refractivity contribution in [2.45, 2.75) is 72.3 Å². The van der Waals surface area contributed by atoms with Crippen molar-refractivity contribution in [3.8, 4) is 0 Å². The normalized spacial score (nSPS) is 20.0. The Morgan fingerprint density at radius 2 is 1.84 bits per heavy atom. The second-order valence-corrected chi connectivity index (χ2v) is 10.3. The number of carbonyl (C=O) groups is 2. The van der Waals surface area contributed by atoms with Crippen molar-refractivity contribution in [1.29, 1.82) is 0 Å². The lowest BCUT2D eigenvalue weighted by atomic mass is 9.79. The molecule has 2 aromatic rings. The minimum atomic E-state index is -0.218. The minimum absolute atomic E-state index is 0.0155. The molecule has 2 aromatic carbocycles. The van der Waals surface area contributed by atoms with Crippen LogP contribution < -0.4 is 5.32 Å². The van der Waals surface area contributed by atoms with Crippen molar-refractivity contribution in [1.82, 2.24) is 4.90 Å². The number of carbonyl (C=O) groups excluding carboxylic acids is 2. The molecule has 4 heteroatoms. The fourth-order valence-corrected chi connectivity index (χ4v) is 4.75. The summed E-state index contributed by atoms with van der Waals surface area (Å²) in [5.41, 5.74) is 3.74. The number of anilines is 1. The first-order valence-electron chi connectivity index (χ1n) is 11.9. The molecule has 1 aliphatic rings. The Labute approximate surface area is 193 Å². The number of nitrogens with one attached hydrogen (secondary N) is 1. The van der Waals surface area contributed by atoms with E-state index < -0.39 is 0 Å². The first-order chi connectivity index (χ1) is 15.1. The van der Waals surface area contributed by atoms with E-state index in [1.807, 2.05) is 48.2 Å². The van der Waals surface area contributed by atoms with Gasteiger partial charge in [-0.25, -0.2) is 0 Å². The number of amides is 2. The second kappa shape index (κ2) is 9.89. The fourth-order valence-electron chi connectivity index (χ4n) is 4.75. The van der Waals surface area contributed by atoms with Crippen LogP contribution in [0.3, 0.4) is 0 Å². The van der Waals surface area contributed by atoms with E-state index in [1.54, 1.807) is 0 Å². The van der Waals surface area contributed by atoms with E-state index in [0.29, 0.717) is 6.54 Å². The van der Waals surface area contributed by atoms with E-state index in [4.69, 9.17) is 0 Å². The highest BCUT2D eigenvalue weighted by atomic mass is 16.2. The average Bonchev–Trinajstić information content (AvgIpc) is 2.77. The van der Waals surface area contributed by atoms with Crippen molar-refractivity contribution < 1.29 is 9.59 Å². The van der Waals surface area contributed by atoms with Crippen molar-refractivity contribution in [3.63, 3.8) is 0 Å². The lowest BCUT2D eigenvalue weighted by molar-refractivity contribution is -0.124. The Kier molecular flexibility index (Phi) is 7.43. The van der Waals surface area contributed by atoms with Crippen LogP contribution in [-0.2, 0) is 10.2 Å². The van der Waals surface area contributed by atoms with Crippen LogP contribution in [0, 0.1) is 18.8 Å². The first kappa shape index (κ1) is 24.0. The van der Waals surface area contributed by atoms with Crippen LogP contribution in [0.1, 0.15) is 75.4 Å². The largest absolute Gasteiger partial charge is 0.335 e. The third-order valence-corrected chi connectivity index (χ3v) is 6.88. The molecular formula is C28H38N2O2. The summed E-state index contributed by atoms with van der Waals surface area (Å²) >= 11 is 0.